The number of carbonyl (C=O) groups is 4. The summed E-state index contributed by atoms with van der Waals surface area (Å²) in [5.41, 5.74) is 7.44. The number of aliphatic hydroxyl groups excluding tert-OH is 2. The molecule has 0 saturated heterocycles. The van der Waals surface area contributed by atoms with Gasteiger partial charge in [-0.25, -0.2) is 4.79 Å². The van der Waals surface area contributed by atoms with E-state index in [0.29, 0.717) is 36.3 Å². The van der Waals surface area contributed by atoms with E-state index in [1.807, 2.05) is 13.0 Å². The predicted octanol–water partition coefficient (Wildman–Crippen LogP) is 3.38. The first kappa shape index (κ1) is 28.0. The zero-order valence-corrected chi connectivity index (χ0v) is 23.1. The van der Waals surface area contributed by atoms with Crippen LogP contribution in [0.3, 0.4) is 0 Å². The maximum Gasteiger partial charge on any atom is 0.412 e. The molecule has 0 spiro atoms. The lowest BCUT2D eigenvalue weighted by Gasteiger charge is -2.41. The van der Waals surface area contributed by atoms with Gasteiger partial charge in [0.2, 0.25) is 0 Å². The first-order valence-corrected chi connectivity index (χ1v) is 13.5. The van der Waals surface area contributed by atoms with Crippen molar-refractivity contribution in [2.45, 2.75) is 45.6 Å². The number of phenols is 1. The zero-order valence-electron chi connectivity index (χ0n) is 23.1. The summed E-state index contributed by atoms with van der Waals surface area (Å²) in [7, 11) is 3.59. The van der Waals surface area contributed by atoms with Crippen molar-refractivity contribution in [1.82, 2.24) is 5.32 Å². The van der Waals surface area contributed by atoms with Gasteiger partial charge in [0.1, 0.15) is 28.6 Å². The highest BCUT2D eigenvalue weighted by atomic mass is 16.6. The van der Waals surface area contributed by atoms with Crippen molar-refractivity contribution < 1.29 is 39.2 Å². The van der Waals surface area contributed by atoms with Gasteiger partial charge in [0.05, 0.1) is 11.5 Å². The predicted molar refractivity (Wildman–Crippen MR) is 148 cm³/mol. The third-order valence-corrected chi connectivity index (χ3v) is 8.39. The number of allylic oxidation sites excluding steroid dienone is 7. The highest BCUT2D eigenvalue weighted by Gasteiger charge is 2.50. The van der Waals surface area contributed by atoms with Gasteiger partial charge in [-0.05, 0) is 55.7 Å². The maximum atomic E-state index is 13.9. The molecule has 11 heteroatoms. The molecule has 6 N–H and O–H groups in total. The monoisotopic (exact) mass is 563 g/mol. The number of nitrogens with one attached hydrogen (secondary N) is 1. The van der Waals surface area contributed by atoms with Crippen molar-refractivity contribution in [3.05, 3.63) is 68.9 Å². The molecule has 2 amide bonds. The standard InChI is InChI=1S/C30H33N3O8/c1-13-4-6-17(7-5-13)41-30(40)32-12-16-10-19(33(2)3)18-9-14-8-15-11-20(34)24(29(31)39)28(38)22(15)26(36)21(14)27(37)23(18)25(16)35/h4,6,10,14-15,22,34-36H,5,7-9,11-12H2,1-3H3,(H2,31,39)(H,32,40). The molecule has 0 bridgehead atoms. The van der Waals surface area contributed by atoms with Gasteiger partial charge in [-0.1, -0.05) is 11.6 Å². The number of nitrogens with zero attached hydrogens (tertiary/aromatic N) is 1. The summed E-state index contributed by atoms with van der Waals surface area (Å²) in [4.78, 5) is 53.1. The van der Waals surface area contributed by atoms with Crippen LogP contribution >= 0.6 is 0 Å². The van der Waals surface area contributed by atoms with E-state index < -0.39 is 58.4 Å². The smallest absolute Gasteiger partial charge is 0.412 e. The summed E-state index contributed by atoms with van der Waals surface area (Å²) in [5, 5.41) is 35.5. The zero-order chi connectivity index (χ0) is 29.7. The van der Waals surface area contributed by atoms with E-state index in [1.165, 1.54) is 5.57 Å². The van der Waals surface area contributed by atoms with Crippen LogP contribution in [-0.4, -0.2) is 53.0 Å². The molecule has 4 aliphatic rings. The number of aliphatic hydroxyl groups is 2. The molecule has 41 heavy (non-hydrogen) atoms. The van der Waals surface area contributed by atoms with E-state index >= 15 is 0 Å². The number of anilines is 1. The third-order valence-electron chi connectivity index (χ3n) is 8.39. The SMILES string of the molecule is CC1=CC=C(OC(=O)NCc2cc(N(C)C)c3c(c2O)C(=O)C2=C(O)C4C(=O)C(C(N)=O)=C(O)CC4CC2C3)CC1. The first-order chi connectivity index (χ1) is 19.4. The van der Waals surface area contributed by atoms with Crippen LogP contribution in [0.1, 0.15) is 54.1 Å². The molecule has 3 atom stereocenters. The van der Waals surface area contributed by atoms with Crippen molar-refractivity contribution in [3.63, 3.8) is 0 Å². The van der Waals surface area contributed by atoms with Crippen LogP contribution in [0.2, 0.25) is 0 Å². The fraction of sp³-hybridized carbons (Fsp3) is 0.400. The van der Waals surface area contributed by atoms with Crippen molar-refractivity contribution in [2.75, 3.05) is 19.0 Å². The normalized spacial score (nSPS) is 23.6. The molecule has 0 aliphatic heterocycles. The number of phenolic OH excluding ortho intramolecular Hbond substituents is 1. The van der Waals surface area contributed by atoms with Gasteiger partial charge in [0.15, 0.2) is 11.6 Å². The molecule has 11 nitrogen and oxygen atoms in total. The van der Waals surface area contributed by atoms with Gasteiger partial charge >= 0.3 is 6.09 Å². The lowest BCUT2D eigenvalue weighted by molar-refractivity contribution is -0.126. The number of fused-ring (bicyclic) bond motifs is 3. The van der Waals surface area contributed by atoms with Crippen molar-refractivity contribution in [3.8, 4) is 5.75 Å². The quantitative estimate of drug-likeness (QED) is 0.336. The second-order valence-corrected chi connectivity index (χ2v) is 11.3. The van der Waals surface area contributed by atoms with E-state index in [-0.39, 0.29) is 35.4 Å². The fourth-order valence-corrected chi connectivity index (χ4v) is 6.41. The molecule has 3 unspecified atom stereocenters. The Morgan fingerprint density at radius 3 is 2.49 bits per heavy atom. The van der Waals surface area contributed by atoms with Gasteiger partial charge in [-0.15, -0.1) is 0 Å². The summed E-state index contributed by atoms with van der Waals surface area (Å²) in [5.74, 6) is -5.38. The van der Waals surface area contributed by atoms with Gasteiger partial charge in [-0.2, -0.15) is 0 Å². The minimum absolute atomic E-state index is 0.00872. The molecule has 1 aromatic carbocycles. The van der Waals surface area contributed by atoms with Crippen LogP contribution in [-0.2, 0) is 27.3 Å². The summed E-state index contributed by atoms with van der Waals surface area (Å²) in [6.07, 6.45) is 4.89. The fourth-order valence-electron chi connectivity index (χ4n) is 6.41. The Kier molecular flexibility index (Phi) is 7.14. The summed E-state index contributed by atoms with van der Waals surface area (Å²) >= 11 is 0. The number of ketones is 2. The lowest BCUT2D eigenvalue weighted by Crippen LogP contribution is -2.43. The Morgan fingerprint density at radius 2 is 1.85 bits per heavy atom. The Hall–Kier alpha value is -4.54. The van der Waals surface area contributed by atoms with Crippen LogP contribution in [0.15, 0.2) is 52.2 Å². The molecule has 0 fully saturated rings. The van der Waals surface area contributed by atoms with E-state index in [4.69, 9.17) is 10.5 Å². The number of nitrogens with two attached hydrogens (primary N) is 1. The molecule has 0 heterocycles. The lowest BCUT2D eigenvalue weighted by atomic mass is 9.62. The van der Waals surface area contributed by atoms with Crippen LogP contribution < -0.4 is 16.0 Å². The second kappa shape index (κ2) is 10.5. The van der Waals surface area contributed by atoms with Crippen molar-refractivity contribution >= 4 is 29.3 Å². The van der Waals surface area contributed by atoms with Crippen LogP contribution in [0.5, 0.6) is 5.75 Å². The Labute approximate surface area is 236 Å². The number of hydrogen-bond acceptors (Lipinski definition) is 9. The number of amides is 2. The highest BCUT2D eigenvalue weighted by molar-refractivity contribution is 6.22. The summed E-state index contributed by atoms with van der Waals surface area (Å²) < 4.78 is 5.37. The minimum atomic E-state index is -1.19. The Bertz CT molecular complexity index is 1510. The Balaban J connectivity index is 1.48. The molecule has 4 aliphatic carbocycles. The van der Waals surface area contributed by atoms with Crippen molar-refractivity contribution in [1.29, 1.82) is 0 Å². The average molecular weight is 564 g/mol. The van der Waals surface area contributed by atoms with E-state index in [0.717, 1.165) is 6.42 Å². The molecule has 0 radical (unpaired) electrons. The van der Waals surface area contributed by atoms with Gasteiger partial charge in [-0.3, -0.25) is 14.4 Å². The number of carbonyl (C=O) groups excluding carboxylic acids is 4. The number of primary amides is 1. The minimum Gasteiger partial charge on any atom is -0.511 e. The maximum absolute atomic E-state index is 13.9. The Morgan fingerprint density at radius 1 is 1.12 bits per heavy atom. The number of alkyl carbamates (subject to hydrolysis) is 1. The number of Topliss-reactive ketones (excluding diaryl/α,β-unsaturated/α-hetero) is 2. The molecule has 0 saturated carbocycles. The topological polar surface area (TPSA) is 179 Å². The molecule has 5 rings (SSSR count). The van der Waals surface area contributed by atoms with Gasteiger partial charge < -0.3 is 36.0 Å². The van der Waals surface area contributed by atoms with E-state index in [2.05, 4.69) is 5.32 Å². The third kappa shape index (κ3) is 4.85. The summed E-state index contributed by atoms with van der Waals surface area (Å²) in [6, 6.07) is 1.70. The molecular weight excluding hydrogens is 530 g/mol. The van der Waals surface area contributed by atoms with Crippen LogP contribution in [0.25, 0.3) is 0 Å². The average Bonchev–Trinajstić information content (AvgIpc) is 2.88. The highest BCUT2D eigenvalue weighted by Crippen LogP contribution is 2.51. The molecular formula is C30H33N3O8. The first-order valence-electron chi connectivity index (χ1n) is 13.5. The van der Waals surface area contributed by atoms with Crippen molar-refractivity contribution in [2.24, 2.45) is 23.5 Å². The van der Waals surface area contributed by atoms with Gasteiger partial charge in [0.25, 0.3) is 5.91 Å². The number of rotatable bonds is 5. The number of aromatic hydroxyl groups is 1. The van der Waals surface area contributed by atoms with Crippen LogP contribution in [0.4, 0.5) is 10.5 Å². The number of benzene rings is 1. The van der Waals surface area contributed by atoms with E-state index in [9.17, 15) is 34.5 Å². The van der Waals surface area contributed by atoms with Crippen LogP contribution in [0, 0.1) is 17.8 Å². The molecule has 1 aromatic rings. The largest absolute Gasteiger partial charge is 0.511 e. The number of hydrogen-bond donors (Lipinski definition) is 5. The molecule has 0 aromatic heterocycles. The second-order valence-electron chi connectivity index (χ2n) is 11.3. The van der Waals surface area contributed by atoms with Gasteiger partial charge in [0, 0.05) is 50.3 Å². The molecule has 216 valence electrons. The number of ether oxygens (including phenoxy) is 1. The van der Waals surface area contributed by atoms with E-state index in [1.54, 1.807) is 31.1 Å². The summed E-state index contributed by atoms with van der Waals surface area (Å²) in [6.45, 7) is 1.87.